The number of fused-ring (bicyclic) bond motifs is 3. The van der Waals surface area contributed by atoms with Gasteiger partial charge in [-0.2, -0.15) is 0 Å². The van der Waals surface area contributed by atoms with Gasteiger partial charge in [-0.15, -0.1) is 0 Å². The van der Waals surface area contributed by atoms with Crippen LogP contribution < -0.4 is 10.1 Å². The second kappa shape index (κ2) is 9.57. The minimum Gasteiger partial charge on any atom is -0.492 e. The molecule has 0 aromatic heterocycles. The number of hydrogen-bond donors (Lipinski definition) is 1. The highest BCUT2D eigenvalue weighted by Crippen LogP contribution is 2.45. The number of piperazine rings is 1. The Hall–Kier alpha value is -3.48. The molecule has 1 N–H and O–H groups in total. The molecule has 33 heavy (non-hydrogen) atoms. The van der Waals surface area contributed by atoms with Crippen molar-refractivity contribution in [1.82, 2.24) is 10.2 Å². The Labute approximate surface area is 193 Å². The molecule has 1 aliphatic heterocycles. The molecule has 1 aliphatic carbocycles. The number of nitrogens with zero attached hydrogens (tertiary/aromatic N) is 2. The number of non-ortho nitro benzene ring substituents is 1. The SMILES string of the molecule is O=[N+]([O-])c1ccc2c(c1)/C(=C/Cc1ccccc1OCCN1CCNCC1)c1ccccc1-2. The van der Waals surface area contributed by atoms with E-state index in [0.29, 0.717) is 13.0 Å². The van der Waals surface area contributed by atoms with Gasteiger partial charge in [0.15, 0.2) is 0 Å². The zero-order valence-electron chi connectivity index (χ0n) is 18.5. The standard InChI is InChI=1S/C27H27N3O3/c31-30(32)21-10-12-25-23-7-3-2-6-22(23)24(26(25)19-21)11-9-20-5-1-4-8-27(20)33-18-17-29-15-13-28-14-16-29/h1-8,10-12,19,28H,9,13-18H2/b24-11+. The number of nitro groups is 1. The summed E-state index contributed by atoms with van der Waals surface area (Å²) in [6.45, 7) is 5.76. The fourth-order valence-electron chi connectivity index (χ4n) is 4.67. The van der Waals surface area contributed by atoms with E-state index in [1.165, 1.54) is 0 Å². The van der Waals surface area contributed by atoms with Crippen molar-refractivity contribution < 1.29 is 9.66 Å². The molecule has 0 amide bonds. The largest absolute Gasteiger partial charge is 0.492 e. The highest BCUT2D eigenvalue weighted by molar-refractivity contribution is 6.01. The number of hydrogen-bond acceptors (Lipinski definition) is 5. The van der Waals surface area contributed by atoms with Gasteiger partial charge in [0.25, 0.3) is 5.69 Å². The number of allylic oxidation sites excluding steroid dienone is 1. The van der Waals surface area contributed by atoms with Crippen LogP contribution in [0.15, 0.2) is 72.8 Å². The zero-order valence-corrected chi connectivity index (χ0v) is 18.5. The van der Waals surface area contributed by atoms with Crippen molar-refractivity contribution in [2.75, 3.05) is 39.3 Å². The molecule has 0 saturated carbocycles. The van der Waals surface area contributed by atoms with Crippen molar-refractivity contribution in [1.29, 1.82) is 0 Å². The van der Waals surface area contributed by atoms with Gasteiger partial charge in [-0.1, -0.05) is 48.5 Å². The van der Waals surface area contributed by atoms with E-state index in [9.17, 15) is 10.1 Å². The zero-order chi connectivity index (χ0) is 22.6. The van der Waals surface area contributed by atoms with E-state index < -0.39 is 0 Å². The Morgan fingerprint density at radius 2 is 1.67 bits per heavy atom. The van der Waals surface area contributed by atoms with E-state index in [1.807, 2.05) is 36.4 Å². The molecule has 1 saturated heterocycles. The van der Waals surface area contributed by atoms with Crippen LogP contribution in [0, 0.1) is 10.1 Å². The van der Waals surface area contributed by atoms with Crippen LogP contribution in [0.5, 0.6) is 5.75 Å². The lowest BCUT2D eigenvalue weighted by atomic mass is 10.0. The van der Waals surface area contributed by atoms with Crippen molar-refractivity contribution in [2.24, 2.45) is 0 Å². The third-order valence-electron chi connectivity index (χ3n) is 6.38. The van der Waals surface area contributed by atoms with E-state index in [4.69, 9.17) is 4.74 Å². The van der Waals surface area contributed by atoms with Gasteiger partial charge in [0.2, 0.25) is 0 Å². The van der Waals surface area contributed by atoms with Crippen LogP contribution in [-0.2, 0) is 6.42 Å². The van der Waals surface area contributed by atoms with Gasteiger partial charge in [0.1, 0.15) is 12.4 Å². The second-order valence-corrected chi connectivity index (χ2v) is 8.40. The minimum atomic E-state index is -0.331. The van der Waals surface area contributed by atoms with Crippen LogP contribution in [0.4, 0.5) is 5.69 Å². The summed E-state index contributed by atoms with van der Waals surface area (Å²) >= 11 is 0. The number of nitro benzene ring substituents is 1. The van der Waals surface area contributed by atoms with E-state index in [1.54, 1.807) is 12.1 Å². The lowest BCUT2D eigenvalue weighted by Crippen LogP contribution is -2.44. The molecular formula is C27H27N3O3. The summed E-state index contributed by atoms with van der Waals surface area (Å²) in [5.74, 6) is 0.898. The maximum Gasteiger partial charge on any atom is 0.270 e. The maximum absolute atomic E-state index is 11.4. The van der Waals surface area contributed by atoms with Crippen molar-refractivity contribution in [3.63, 3.8) is 0 Å². The van der Waals surface area contributed by atoms with Crippen molar-refractivity contribution >= 4 is 11.3 Å². The molecule has 0 bridgehead atoms. The first kappa shape index (κ1) is 21.4. The molecule has 5 rings (SSSR count). The molecule has 168 valence electrons. The summed E-state index contributed by atoms with van der Waals surface area (Å²) in [7, 11) is 0. The number of ether oxygens (including phenoxy) is 1. The highest BCUT2D eigenvalue weighted by Gasteiger charge is 2.25. The van der Waals surface area contributed by atoms with Gasteiger partial charge in [-0.3, -0.25) is 15.0 Å². The molecule has 3 aromatic carbocycles. The van der Waals surface area contributed by atoms with Crippen LogP contribution in [0.25, 0.3) is 16.7 Å². The van der Waals surface area contributed by atoms with Crippen LogP contribution in [0.3, 0.4) is 0 Å². The summed E-state index contributed by atoms with van der Waals surface area (Å²) in [6.07, 6.45) is 2.86. The highest BCUT2D eigenvalue weighted by atomic mass is 16.6. The van der Waals surface area contributed by atoms with Gasteiger partial charge in [0.05, 0.1) is 4.92 Å². The lowest BCUT2D eigenvalue weighted by molar-refractivity contribution is -0.384. The van der Waals surface area contributed by atoms with E-state index in [0.717, 1.165) is 71.9 Å². The van der Waals surface area contributed by atoms with E-state index >= 15 is 0 Å². The monoisotopic (exact) mass is 441 g/mol. The normalized spacial score (nSPS) is 16.4. The Bertz CT molecular complexity index is 1200. The third kappa shape index (κ3) is 4.53. The molecule has 0 atom stereocenters. The van der Waals surface area contributed by atoms with Crippen molar-refractivity contribution in [3.05, 3.63) is 99.6 Å². The van der Waals surface area contributed by atoms with Gasteiger partial charge in [0, 0.05) is 44.9 Å². The summed E-state index contributed by atoms with van der Waals surface area (Å²) in [5.41, 5.74) is 6.47. The van der Waals surface area contributed by atoms with Crippen LogP contribution in [0.2, 0.25) is 0 Å². The minimum absolute atomic E-state index is 0.115. The molecule has 3 aromatic rings. The van der Waals surface area contributed by atoms with Gasteiger partial charge in [-0.05, 0) is 51.9 Å². The number of benzene rings is 3. The quantitative estimate of drug-likeness (QED) is 0.337. The molecule has 1 heterocycles. The third-order valence-corrected chi connectivity index (χ3v) is 6.38. The van der Waals surface area contributed by atoms with E-state index in [2.05, 4.69) is 34.5 Å². The van der Waals surface area contributed by atoms with Crippen LogP contribution in [0.1, 0.15) is 16.7 Å². The summed E-state index contributed by atoms with van der Waals surface area (Å²) in [4.78, 5) is 13.5. The van der Waals surface area contributed by atoms with Crippen LogP contribution >= 0.6 is 0 Å². The molecule has 0 radical (unpaired) electrons. The molecule has 6 heteroatoms. The Morgan fingerprint density at radius 1 is 0.939 bits per heavy atom. The average Bonchev–Trinajstić information content (AvgIpc) is 3.17. The Morgan fingerprint density at radius 3 is 2.48 bits per heavy atom. The maximum atomic E-state index is 11.4. The molecule has 1 fully saturated rings. The molecular weight excluding hydrogens is 414 g/mol. The first-order chi connectivity index (χ1) is 16.2. The smallest absolute Gasteiger partial charge is 0.270 e. The first-order valence-corrected chi connectivity index (χ1v) is 11.4. The fraction of sp³-hybridized carbons (Fsp3) is 0.259. The summed E-state index contributed by atoms with van der Waals surface area (Å²) in [5, 5.41) is 14.8. The van der Waals surface area contributed by atoms with Gasteiger partial charge >= 0.3 is 0 Å². The van der Waals surface area contributed by atoms with Crippen molar-refractivity contribution in [2.45, 2.75) is 6.42 Å². The van der Waals surface area contributed by atoms with Crippen molar-refractivity contribution in [3.8, 4) is 16.9 Å². The number of rotatable bonds is 7. The van der Waals surface area contributed by atoms with Crippen LogP contribution in [-0.4, -0.2) is 49.2 Å². The topological polar surface area (TPSA) is 67.6 Å². The Balaban J connectivity index is 1.38. The Kier molecular flexibility index (Phi) is 6.19. The fourth-order valence-corrected chi connectivity index (χ4v) is 4.67. The number of para-hydroxylation sites is 1. The second-order valence-electron chi connectivity index (χ2n) is 8.40. The molecule has 0 spiro atoms. The summed E-state index contributed by atoms with van der Waals surface area (Å²) < 4.78 is 6.16. The lowest BCUT2D eigenvalue weighted by Gasteiger charge is -2.27. The van der Waals surface area contributed by atoms with Gasteiger partial charge < -0.3 is 10.1 Å². The summed E-state index contributed by atoms with van der Waals surface area (Å²) in [6, 6.07) is 21.5. The predicted molar refractivity (Wildman–Crippen MR) is 131 cm³/mol. The molecule has 0 unspecified atom stereocenters. The molecule has 6 nitrogen and oxygen atoms in total. The first-order valence-electron chi connectivity index (χ1n) is 11.4. The average molecular weight is 442 g/mol. The number of nitrogens with one attached hydrogen (secondary N) is 1. The van der Waals surface area contributed by atoms with Gasteiger partial charge in [-0.25, -0.2) is 0 Å². The molecule has 2 aliphatic rings. The predicted octanol–water partition coefficient (Wildman–Crippen LogP) is 4.53. The van der Waals surface area contributed by atoms with E-state index in [-0.39, 0.29) is 10.6 Å².